The van der Waals surface area contributed by atoms with Crippen molar-refractivity contribution < 1.29 is 9.47 Å². The van der Waals surface area contributed by atoms with Crippen molar-refractivity contribution in [1.82, 2.24) is 10.6 Å². The van der Waals surface area contributed by atoms with Gasteiger partial charge >= 0.3 is 0 Å². The molecule has 0 spiro atoms. The van der Waals surface area contributed by atoms with E-state index in [1.807, 2.05) is 0 Å². The summed E-state index contributed by atoms with van der Waals surface area (Å²) in [4.78, 5) is 0. The summed E-state index contributed by atoms with van der Waals surface area (Å²) in [5.74, 6) is 0. The van der Waals surface area contributed by atoms with Gasteiger partial charge in [-0.2, -0.15) is 0 Å². The van der Waals surface area contributed by atoms with Crippen molar-refractivity contribution in [2.75, 3.05) is 46.6 Å². The van der Waals surface area contributed by atoms with Gasteiger partial charge in [0.05, 0.1) is 19.8 Å². The molecule has 0 aromatic rings. The Labute approximate surface area is 87.4 Å². The molecule has 14 heavy (non-hydrogen) atoms. The highest BCUT2D eigenvalue weighted by molar-refractivity contribution is 4.62. The maximum atomic E-state index is 5.32. The summed E-state index contributed by atoms with van der Waals surface area (Å²) >= 11 is 0. The van der Waals surface area contributed by atoms with Crippen LogP contribution in [0.25, 0.3) is 0 Å². The van der Waals surface area contributed by atoms with Gasteiger partial charge in [0.15, 0.2) is 0 Å². The molecule has 1 atom stereocenters. The quantitative estimate of drug-likeness (QED) is 0.500. The van der Waals surface area contributed by atoms with Gasteiger partial charge in [-0.25, -0.2) is 0 Å². The van der Waals surface area contributed by atoms with Crippen molar-refractivity contribution in [2.45, 2.75) is 19.9 Å². The Morgan fingerprint density at radius 1 is 1.21 bits per heavy atom. The van der Waals surface area contributed by atoms with Crippen LogP contribution in [0.1, 0.15) is 13.8 Å². The third-order valence-corrected chi connectivity index (χ3v) is 1.87. The van der Waals surface area contributed by atoms with Crippen LogP contribution in [0.2, 0.25) is 0 Å². The van der Waals surface area contributed by atoms with Crippen molar-refractivity contribution in [3.05, 3.63) is 0 Å². The van der Waals surface area contributed by atoms with Crippen molar-refractivity contribution in [1.29, 1.82) is 0 Å². The van der Waals surface area contributed by atoms with Gasteiger partial charge in [-0.1, -0.05) is 6.92 Å². The second-order valence-electron chi connectivity index (χ2n) is 3.27. The first kappa shape index (κ1) is 13.8. The van der Waals surface area contributed by atoms with Crippen LogP contribution in [0.15, 0.2) is 0 Å². The molecular formula is C10H24N2O2. The molecule has 0 amide bonds. The lowest BCUT2D eigenvalue weighted by atomic mass is 10.3. The van der Waals surface area contributed by atoms with E-state index in [-0.39, 0.29) is 0 Å². The van der Waals surface area contributed by atoms with Gasteiger partial charge in [-0.3, -0.25) is 0 Å². The molecule has 0 heterocycles. The average molecular weight is 204 g/mol. The van der Waals surface area contributed by atoms with Crippen LogP contribution in [0.3, 0.4) is 0 Å². The monoisotopic (exact) mass is 204 g/mol. The number of nitrogens with one attached hydrogen (secondary N) is 2. The number of hydrogen-bond acceptors (Lipinski definition) is 4. The Morgan fingerprint density at radius 3 is 2.64 bits per heavy atom. The summed E-state index contributed by atoms with van der Waals surface area (Å²) in [7, 11) is 1.68. The molecule has 0 fully saturated rings. The smallest absolute Gasteiger partial charge is 0.0700 e. The molecule has 1 unspecified atom stereocenters. The Bertz CT molecular complexity index is 112. The number of likely N-dealkylation sites (N-methyl/N-ethyl adjacent to an activating group) is 1. The van der Waals surface area contributed by atoms with E-state index in [4.69, 9.17) is 9.47 Å². The summed E-state index contributed by atoms with van der Waals surface area (Å²) in [5, 5.41) is 6.65. The normalized spacial score (nSPS) is 13.1. The number of rotatable bonds is 10. The van der Waals surface area contributed by atoms with E-state index < -0.39 is 0 Å². The fourth-order valence-electron chi connectivity index (χ4n) is 1.05. The predicted octanol–water partition coefficient (Wildman–Crippen LogP) is 0.237. The third-order valence-electron chi connectivity index (χ3n) is 1.87. The second-order valence-corrected chi connectivity index (χ2v) is 3.27. The highest BCUT2D eigenvalue weighted by Gasteiger charge is 1.98. The summed E-state index contributed by atoms with van der Waals surface area (Å²) in [6.07, 6.45) is 0. The fraction of sp³-hybridized carbons (Fsp3) is 1.00. The first-order valence-corrected chi connectivity index (χ1v) is 5.32. The zero-order valence-corrected chi connectivity index (χ0v) is 9.64. The minimum Gasteiger partial charge on any atom is -0.382 e. The van der Waals surface area contributed by atoms with Gasteiger partial charge in [-0.15, -0.1) is 0 Å². The SMILES string of the molecule is CCNCC(C)NCCOCCOC. The predicted molar refractivity (Wildman–Crippen MR) is 58.7 cm³/mol. The molecule has 0 saturated carbocycles. The molecule has 0 rings (SSSR count). The van der Waals surface area contributed by atoms with E-state index in [0.29, 0.717) is 19.3 Å². The topological polar surface area (TPSA) is 42.5 Å². The lowest BCUT2D eigenvalue weighted by Crippen LogP contribution is -2.38. The van der Waals surface area contributed by atoms with Crippen LogP contribution in [0.4, 0.5) is 0 Å². The van der Waals surface area contributed by atoms with E-state index in [0.717, 1.165) is 26.2 Å². The lowest BCUT2D eigenvalue weighted by Gasteiger charge is -2.13. The second kappa shape index (κ2) is 10.9. The van der Waals surface area contributed by atoms with Crippen molar-refractivity contribution in [3.63, 3.8) is 0 Å². The van der Waals surface area contributed by atoms with E-state index in [1.54, 1.807) is 7.11 Å². The van der Waals surface area contributed by atoms with Crippen molar-refractivity contribution in [3.8, 4) is 0 Å². The van der Waals surface area contributed by atoms with Gasteiger partial charge in [0, 0.05) is 26.2 Å². The minimum absolute atomic E-state index is 0.501. The molecule has 0 aliphatic carbocycles. The van der Waals surface area contributed by atoms with Crippen LogP contribution in [-0.4, -0.2) is 52.6 Å². The molecule has 0 aromatic carbocycles. The minimum atomic E-state index is 0.501. The van der Waals surface area contributed by atoms with Gasteiger partial charge in [-0.05, 0) is 13.5 Å². The van der Waals surface area contributed by atoms with Crippen LogP contribution < -0.4 is 10.6 Å². The Balaban J connectivity index is 3.02. The summed E-state index contributed by atoms with van der Waals surface area (Å²) < 4.78 is 10.2. The van der Waals surface area contributed by atoms with Crippen molar-refractivity contribution in [2.24, 2.45) is 0 Å². The van der Waals surface area contributed by atoms with Crippen LogP contribution in [0, 0.1) is 0 Å². The standard InChI is InChI=1S/C10H24N2O2/c1-4-11-9-10(2)12-5-6-14-8-7-13-3/h10-12H,4-9H2,1-3H3. The molecule has 0 saturated heterocycles. The van der Waals surface area contributed by atoms with Gasteiger partial charge in [0.2, 0.25) is 0 Å². The molecule has 0 aliphatic heterocycles. The largest absolute Gasteiger partial charge is 0.382 e. The third kappa shape index (κ3) is 9.92. The van der Waals surface area contributed by atoms with Crippen LogP contribution >= 0.6 is 0 Å². The maximum Gasteiger partial charge on any atom is 0.0700 e. The molecule has 4 nitrogen and oxygen atoms in total. The molecular weight excluding hydrogens is 180 g/mol. The van der Waals surface area contributed by atoms with Crippen LogP contribution in [0.5, 0.6) is 0 Å². The maximum absolute atomic E-state index is 5.32. The summed E-state index contributed by atoms with van der Waals surface area (Å²) in [6.45, 7) is 9.31. The Morgan fingerprint density at radius 2 is 2.00 bits per heavy atom. The Hall–Kier alpha value is -0.160. The van der Waals surface area contributed by atoms with E-state index >= 15 is 0 Å². The molecule has 0 radical (unpaired) electrons. The number of methoxy groups -OCH3 is 1. The molecule has 0 aliphatic rings. The zero-order chi connectivity index (χ0) is 10.6. The first-order chi connectivity index (χ1) is 6.81. The number of hydrogen-bond donors (Lipinski definition) is 2. The zero-order valence-electron chi connectivity index (χ0n) is 9.64. The highest BCUT2D eigenvalue weighted by Crippen LogP contribution is 1.79. The molecule has 0 bridgehead atoms. The summed E-state index contributed by atoms with van der Waals surface area (Å²) in [6, 6.07) is 0.501. The Kier molecular flexibility index (Phi) is 10.8. The molecule has 0 aromatic heterocycles. The van der Waals surface area contributed by atoms with E-state index in [1.165, 1.54) is 0 Å². The van der Waals surface area contributed by atoms with E-state index in [2.05, 4.69) is 24.5 Å². The number of ether oxygens (including phenoxy) is 2. The van der Waals surface area contributed by atoms with Gasteiger partial charge in [0.1, 0.15) is 0 Å². The van der Waals surface area contributed by atoms with Gasteiger partial charge < -0.3 is 20.1 Å². The molecule has 4 heteroatoms. The van der Waals surface area contributed by atoms with Gasteiger partial charge in [0.25, 0.3) is 0 Å². The van der Waals surface area contributed by atoms with Crippen molar-refractivity contribution >= 4 is 0 Å². The lowest BCUT2D eigenvalue weighted by molar-refractivity contribution is 0.0712. The van der Waals surface area contributed by atoms with E-state index in [9.17, 15) is 0 Å². The van der Waals surface area contributed by atoms with Crippen LogP contribution in [-0.2, 0) is 9.47 Å². The summed E-state index contributed by atoms with van der Waals surface area (Å²) in [5.41, 5.74) is 0. The molecule has 2 N–H and O–H groups in total. The fourth-order valence-corrected chi connectivity index (χ4v) is 1.05. The first-order valence-electron chi connectivity index (χ1n) is 5.32. The molecule has 86 valence electrons. The highest BCUT2D eigenvalue weighted by atomic mass is 16.5. The average Bonchev–Trinajstić information content (AvgIpc) is 2.20.